The summed E-state index contributed by atoms with van der Waals surface area (Å²) >= 11 is 0. The van der Waals surface area contributed by atoms with Crippen molar-refractivity contribution in [1.29, 1.82) is 0 Å². The Kier molecular flexibility index (Phi) is 4.31. The van der Waals surface area contributed by atoms with E-state index < -0.39 is 0 Å². The van der Waals surface area contributed by atoms with Crippen LogP contribution in [0.1, 0.15) is 12.0 Å². The summed E-state index contributed by atoms with van der Waals surface area (Å²) in [4.78, 5) is 11.1. The van der Waals surface area contributed by atoms with Gasteiger partial charge < -0.3 is 10.6 Å². The molecule has 0 aromatic heterocycles. The Morgan fingerprint density at radius 1 is 1.11 bits per heavy atom. The average molecular weight is 242 g/mol. The van der Waals surface area contributed by atoms with Gasteiger partial charge in [0, 0.05) is 26.6 Å². The maximum Gasteiger partial charge on any atom is 0.221 e. The lowest BCUT2D eigenvalue weighted by molar-refractivity contribution is -0.120. The first-order valence-electron chi connectivity index (χ1n) is 6.19. The Morgan fingerprint density at radius 2 is 1.89 bits per heavy atom. The number of carbonyl (C=O) groups excluding carboxylic acids is 1. The van der Waals surface area contributed by atoms with Gasteiger partial charge in [-0.1, -0.05) is 42.5 Å². The SMILES string of the molecule is CNC(=O)CCNCc1cccc2ccccc12. The van der Waals surface area contributed by atoms with E-state index >= 15 is 0 Å². The number of fused-ring (bicyclic) bond motifs is 1. The minimum absolute atomic E-state index is 0.0698. The molecular formula is C15H18N2O. The minimum Gasteiger partial charge on any atom is -0.359 e. The fourth-order valence-corrected chi connectivity index (χ4v) is 2.00. The molecule has 2 N–H and O–H groups in total. The third-order valence-electron chi connectivity index (χ3n) is 3.00. The first kappa shape index (κ1) is 12.6. The van der Waals surface area contributed by atoms with Crippen LogP contribution in [0.4, 0.5) is 0 Å². The van der Waals surface area contributed by atoms with Crippen LogP contribution in [0, 0.1) is 0 Å². The van der Waals surface area contributed by atoms with E-state index in [1.807, 2.05) is 6.07 Å². The largest absolute Gasteiger partial charge is 0.359 e. The Bertz CT molecular complexity index is 532. The Labute approximate surface area is 107 Å². The molecule has 0 aliphatic heterocycles. The first-order chi connectivity index (χ1) is 8.81. The molecule has 0 aliphatic rings. The van der Waals surface area contributed by atoms with Crippen molar-refractivity contribution in [2.45, 2.75) is 13.0 Å². The summed E-state index contributed by atoms with van der Waals surface area (Å²) in [6.45, 7) is 1.49. The van der Waals surface area contributed by atoms with Gasteiger partial charge in [-0.25, -0.2) is 0 Å². The van der Waals surface area contributed by atoms with Crippen LogP contribution in [-0.2, 0) is 11.3 Å². The van der Waals surface area contributed by atoms with E-state index in [2.05, 4.69) is 47.0 Å². The van der Waals surface area contributed by atoms with Gasteiger partial charge in [-0.3, -0.25) is 4.79 Å². The zero-order valence-electron chi connectivity index (χ0n) is 10.6. The fourth-order valence-electron chi connectivity index (χ4n) is 2.00. The number of benzene rings is 2. The molecule has 0 fully saturated rings. The van der Waals surface area contributed by atoms with E-state index in [1.54, 1.807) is 7.05 Å². The van der Waals surface area contributed by atoms with Crippen LogP contribution < -0.4 is 10.6 Å². The maximum atomic E-state index is 11.1. The standard InChI is InChI=1S/C15H18N2O/c1-16-15(18)9-10-17-11-13-7-4-6-12-5-2-3-8-14(12)13/h2-8,17H,9-11H2,1H3,(H,16,18). The van der Waals surface area contributed by atoms with Crippen LogP contribution >= 0.6 is 0 Å². The summed E-state index contributed by atoms with van der Waals surface area (Å²) in [5, 5.41) is 8.44. The van der Waals surface area contributed by atoms with E-state index in [9.17, 15) is 4.79 Å². The molecule has 0 saturated heterocycles. The smallest absolute Gasteiger partial charge is 0.221 e. The zero-order valence-corrected chi connectivity index (χ0v) is 10.6. The zero-order chi connectivity index (χ0) is 12.8. The highest BCUT2D eigenvalue weighted by molar-refractivity contribution is 5.85. The number of nitrogens with one attached hydrogen (secondary N) is 2. The molecule has 18 heavy (non-hydrogen) atoms. The van der Waals surface area contributed by atoms with Gasteiger partial charge in [0.2, 0.25) is 5.91 Å². The monoisotopic (exact) mass is 242 g/mol. The number of carbonyl (C=O) groups is 1. The fraction of sp³-hybridized carbons (Fsp3) is 0.267. The van der Waals surface area contributed by atoms with Gasteiger partial charge in [-0.15, -0.1) is 0 Å². The van der Waals surface area contributed by atoms with Crippen LogP contribution in [-0.4, -0.2) is 19.5 Å². The summed E-state index contributed by atoms with van der Waals surface area (Å²) in [6, 6.07) is 14.6. The number of rotatable bonds is 5. The Hall–Kier alpha value is -1.87. The predicted molar refractivity (Wildman–Crippen MR) is 74.3 cm³/mol. The van der Waals surface area contributed by atoms with E-state index in [1.165, 1.54) is 16.3 Å². The number of amides is 1. The molecule has 0 spiro atoms. The predicted octanol–water partition coefficient (Wildman–Crippen LogP) is 2.07. The normalized spacial score (nSPS) is 10.5. The summed E-state index contributed by atoms with van der Waals surface area (Å²) < 4.78 is 0. The molecule has 0 bridgehead atoms. The van der Waals surface area contributed by atoms with Crippen LogP contribution in [0.2, 0.25) is 0 Å². The van der Waals surface area contributed by atoms with Crippen LogP contribution in [0.3, 0.4) is 0 Å². The highest BCUT2D eigenvalue weighted by Crippen LogP contribution is 2.17. The van der Waals surface area contributed by atoms with Crippen molar-refractivity contribution in [3.63, 3.8) is 0 Å². The topological polar surface area (TPSA) is 41.1 Å². The lowest BCUT2D eigenvalue weighted by Crippen LogP contribution is -2.24. The molecule has 94 valence electrons. The summed E-state index contributed by atoms with van der Waals surface area (Å²) in [5.41, 5.74) is 1.27. The molecular weight excluding hydrogens is 224 g/mol. The van der Waals surface area contributed by atoms with E-state index in [0.717, 1.165) is 6.54 Å². The molecule has 0 heterocycles. The lowest BCUT2D eigenvalue weighted by Gasteiger charge is -2.08. The summed E-state index contributed by atoms with van der Waals surface area (Å²) in [6.07, 6.45) is 0.515. The van der Waals surface area contributed by atoms with Gasteiger partial charge in [0.1, 0.15) is 0 Å². The average Bonchev–Trinajstić information content (AvgIpc) is 2.43. The maximum absolute atomic E-state index is 11.1. The Balaban J connectivity index is 1.97. The highest BCUT2D eigenvalue weighted by atomic mass is 16.1. The third kappa shape index (κ3) is 3.08. The van der Waals surface area contributed by atoms with Crippen LogP contribution in [0.25, 0.3) is 10.8 Å². The Morgan fingerprint density at radius 3 is 2.72 bits per heavy atom. The summed E-state index contributed by atoms with van der Waals surface area (Å²) in [5.74, 6) is 0.0698. The quantitative estimate of drug-likeness (QED) is 0.788. The second kappa shape index (κ2) is 6.17. The molecule has 3 heteroatoms. The molecule has 0 radical (unpaired) electrons. The van der Waals surface area contributed by atoms with Gasteiger partial charge in [0.05, 0.1) is 0 Å². The minimum atomic E-state index is 0.0698. The molecule has 3 nitrogen and oxygen atoms in total. The van der Waals surface area contributed by atoms with Gasteiger partial charge in [0.15, 0.2) is 0 Å². The van der Waals surface area contributed by atoms with Crippen molar-refractivity contribution in [2.75, 3.05) is 13.6 Å². The van der Waals surface area contributed by atoms with Gasteiger partial charge in [0.25, 0.3) is 0 Å². The van der Waals surface area contributed by atoms with Crippen molar-refractivity contribution in [2.24, 2.45) is 0 Å². The van der Waals surface area contributed by atoms with Crippen LogP contribution in [0.15, 0.2) is 42.5 Å². The first-order valence-corrected chi connectivity index (χ1v) is 6.19. The molecule has 1 amide bonds. The molecule has 0 saturated carbocycles. The third-order valence-corrected chi connectivity index (χ3v) is 3.00. The summed E-state index contributed by atoms with van der Waals surface area (Å²) in [7, 11) is 1.66. The van der Waals surface area contributed by atoms with Gasteiger partial charge >= 0.3 is 0 Å². The molecule has 0 atom stereocenters. The van der Waals surface area contributed by atoms with Crippen molar-refractivity contribution in [3.8, 4) is 0 Å². The van der Waals surface area contributed by atoms with Gasteiger partial charge in [-0.2, -0.15) is 0 Å². The molecule has 2 aromatic carbocycles. The van der Waals surface area contributed by atoms with E-state index in [-0.39, 0.29) is 5.91 Å². The molecule has 0 aliphatic carbocycles. The van der Waals surface area contributed by atoms with Crippen molar-refractivity contribution >= 4 is 16.7 Å². The second-order valence-electron chi connectivity index (χ2n) is 4.24. The number of hydrogen-bond donors (Lipinski definition) is 2. The van der Waals surface area contributed by atoms with Crippen molar-refractivity contribution < 1.29 is 4.79 Å². The van der Waals surface area contributed by atoms with Gasteiger partial charge in [-0.05, 0) is 16.3 Å². The van der Waals surface area contributed by atoms with Crippen molar-refractivity contribution in [3.05, 3.63) is 48.0 Å². The second-order valence-corrected chi connectivity index (χ2v) is 4.24. The molecule has 2 rings (SSSR count). The highest BCUT2D eigenvalue weighted by Gasteiger charge is 2.00. The molecule has 0 unspecified atom stereocenters. The lowest BCUT2D eigenvalue weighted by atomic mass is 10.0. The van der Waals surface area contributed by atoms with Crippen molar-refractivity contribution in [1.82, 2.24) is 10.6 Å². The molecule has 2 aromatic rings. The van der Waals surface area contributed by atoms with E-state index in [0.29, 0.717) is 13.0 Å². The van der Waals surface area contributed by atoms with Crippen LogP contribution in [0.5, 0.6) is 0 Å². The van der Waals surface area contributed by atoms with E-state index in [4.69, 9.17) is 0 Å². The number of hydrogen-bond acceptors (Lipinski definition) is 2.